The zero-order chi connectivity index (χ0) is 23.4. The number of benzene rings is 2. The van der Waals surface area contributed by atoms with Crippen LogP contribution in [0.15, 0.2) is 42.5 Å². The maximum atomic E-state index is 12.4. The maximum Gasteiger partial charge on any atom is 0.311 e. The van der Waals surface area contributed by atoms with Crippen molar-refractivity contribution in [1.82, 2.24) is 10.4 Å². The molecule has 0 unspecified atom stereocenters. The van der Waals surface area contributed by atoms with Crippen LogP contribution < -0.4 is 5.43 Å². The van der Waals surface area contributed by atoms with Crippen LogP contribution in [0.1, 0.15) is 38.3 Å². The Labute approximate surface area is 183 Å². The Morgan fingerprint density at radius 3 is 2.56 bits per heavy atom. The molecule has 2 aromatic carbocycles. The Kier molecular flexibility index (Phi) is 6.62. The minimum Gasteiger partial charge on any atom is -0.457 e. The van der Waals surface area contributed by atoms with Gasteiger partial charge in [-0.25, -0.2) is 0 Å². The van der Waals surface area contributed by atoms with Gasteiger partial charge in [-0.3, -0.25) is 39.7 Å². The number of nitrogens with one attached hydrogen (secondary N) is 1. The minimum absolute atomic E-state index is 0.165. The zero-order valence-electron chi connectivity index (χ0n) is 17.5. The first-order chi connectivity index (χ1) is 15.2. The molecule has 1 saturated heterocycles. The summed E-state index contributed by atoms with van der Waals surface area (Å²) < 4.78 is 5.08. The maximum absolute atomic E-state index is 12.4. The third kappa shape index (κ3) is 4.97. The molecule has 1 N–H and O–H groups in total. The number of esters is 1. The van der Waals surface area contributed by atoms with Gasteiger partial charge in [0.25, 0.3) is 11.6 Å². The van der Waals surface area contributed by atoms with Gasteiger partial charge in [-0.2, -0.15) is 0 Å². The lowest BCUT2D eigenvalue weighted by Crippen LogP contribution is -2.43. The van der Waals surface area contributed by atoms with Crippen LogP contribution in [0.3, 0.4) is 0 Å². The van der Waals surface area contributed by atoms with Crippen molar-refractivity contribution in [3.05, 3.63) is 74.8 Å². The summed E-state index contributed by atoms with van der Waals surface area (Å²) in [6.45, 7) is 3.16. The predicted molar refractivity (Wildman–Crippen MR) is 112 cm³/mol. The molecular formula is C22H21N3O7. The van der Waals surface area contributed by atoms with Crippen LogP contribution in [-0.2, 0) is 14.3 Å². The highest BCUT2D eigenvalue weighted by atomic mass is 16.6. The monoisotopic (exact) mass is 439 g/mol. The molecule has 1 atom stereocenters. The molecule has 0 bridgehead atoms. The predicted octanol–water partition coefficient (Wildman–Crippen LogP) is 2.13. The molecule has 10 nitrogen and oxygen atoms in total. The van der Waals surface area contributed by atoms with E-state index in [1.165, 1.54) is 24.3 Å². The normalized spacial score (nSPS) is 15.4. The van der Waals surface area contributed by atoms with E-state index >= 15 is 0 Å². The van der Waals surface area contributed by atoms with E-state index in [4.69, 9.17) is 4.74 Å². The number of ether oxygens (including phenoxy) is 1. The second-order valence-corrected chi connectivity index (χ2v) is 7.45. The molecule has 1 aliphatic heterocycles. The van der Waals surface area contributed by atoms with Crippen molar-refractivity contribution < 1.29 is 28.8 Å². The summed E-state index contributed by atoms with van der Waals surface area (Å²) in [5.41, 5.74) is 4.07. The highest BCUT2D eigenvalue weighted by Gasteiger charge is 2.37. The van der Waals surface area contributed by atoms with Crippen molar-refractivity contribution in [1.29, 1.82) is 0 Å². The number of aryl methyl sites for hydroxylation is 2. The number of nitrogens with zero attached hydrogens (tertiary/aromatic N) is 2. The Morgan fingerprint density at radius 1 is 1.16 bits per heavy atom. The van der Waals surface area contributed by atoms with E-state index in [9.17, 15) is 29.3 Å². The van der Waals surface area contributed by atoms with Crippen LogP contribution in [0.5, 0.6) is 0 Å². The molecule has 0 aliphatic carbocycles. The van der Waals surface area contributed by atoms with Gasteiger partial charge in [0.05, 0.1) is 17.4 Å². The summed E-state index contributed by atoms with van der Waals surface area (Å²) in [7, 11) is 0. The van der Waals surface area contributed by atoms with Crippen LogP contribution in [0.4, 0.5) is 5.69 Å². The Balaban J connectivity index is 1.57. The van der Waals surface area contributed by atoms with Gasteiger partial charge in [-0.1, -0.05) is 24.3 Å². The van der Waals surface area contributed by atoms with Crippen LogP contribution in [0.2, 0.25) is 0 Å². The summed E-state index contributed by atoms with van der Waals surface area (Å²) in [5, 5.41) is 12.0. The number of para-hydroxylation sites is 1. The van der Waals surface area contributed by atoms with Crippen LogP contribution >= 0.6 is 0 Å². The lowest BCUT2D eigenvalue weighted by Gasteiger charge is -2.17. The van der Waals surface area contributed by atoms with Gasteiger partial charge in [0.2, 0.25) is 5.91 Å². The quantitative estimate of drug-likeness (QED) is 0.302. The zero-order valence-corrected chi connectivity index (χ0v) is 17.5. The molecule has 166 valence electrons. The van der Waals surface area contributed by atoms with Gasteiger partial charge in [-0.15, -0.1) is 0 Å². The van der Waals surface area contributed by atoms with E-state index in [0.717, 1.165) is 16.1 Å². The standard InChI is InChI=1S/C22H21N3O7/c1-13-7-8-15(9-14(13)2)19(26)12-32-22(29)16-10-20(27)24(11-16)23-21(28)17-5-3-4-6-18(17)25(30)31/h3-9,16H,10-12H2,1-2H3,(H,23,28)/t16-/m1/s1. The van der Waals surface area contributed by atoms with Crippen molar-refractivity contribution >= 4 is 29.3 Å². The van der Waals surface area contributed by atoms with E-state index in [0.29, 0.717) is 5.56 Å². The molecular weight excluding hydrogens is 418 g/mol. The Hall–Kier alpha value is -4.08. The second kappa shape index (κ2) is 9.38. The van der Waals surface area contributed by atoms with Gasteiger partial charge in [0.1, 0.15) is 5.56 Å². The van der Waals surface area contributed by atoms with Crippen molar-refractivity contribution in [2.45, 2.75) is 20.3 Å². The lowest BCUT2D eigenvalue weighted by atomic mass is 10.0. The molecule has 3 rings (SSSR count). The fraction of sp³-hybridized carbons (Fsp3) is 0.273. The first-order valence-corrected chi connectivity index (χ1v) is 9.79. The van der Waals surface area contributed by atoms with Gasteiger partial charge < -0.3 is 4.74 Å². The lowest BCUT2D eigenvalue weighted by molar-refractivity contribution is -0.385. The largest absolute Gasteiger partial charge is 0.457 e. The topological polar surface area (TPSA) is 136 Å². The van der Waals surface area contributed by atoms with Crippen molar-refractivity contribution in [3.8, 4) is 0 Å². The van der Waals surface area contributed by atoms with Crippen LogP contribution in [0.25, 0.3) is 0 Å². The minimum atomic E-state index is -0.874. The molecule has 0 aromatic heterocycles. The third-order valence-electron chi connectivity index (χ3n) is 5.21. The number of Topliss-reactive ketones (excluding diaryl/α,β-unsaturated/α-hetero) is 1. The van der Waals surface area contributed by atoms with E-state index < -0.39 is 40.9 Å². The van der Waals surface area contributed by atoms with Gasteiger partial charge in [-0.05, 0) is 37.1 Å². The summed E-state index contributed by atoms with van der Waals surface area (Å²) in [6.07, 6.45) is -0.214. The Morgan fingerprint density at radius 2 is 1.88 bits per heavy atom. The number of carbonyl (C=O) groups excluding carboxylic acids is 4. The molecule has 0 saturated carbocycles. The number of nitro benzene ring substituents is 1. The molecule has 1 aliphatic rings. The first kappa shape index (κ1) is 22.6. The van der Waals surface area contributed by atoms with E-state index in [2.05, 4.69) is 5.43 Å². The summed E-state index contributed by atoms with van der Waals surface area (Å²) >= 11 is 0. The molecule has 32 heavy (non-hydrogen) atoms. The van der Waals surface area contributed by atoms with E-state index in [1.54, 1.807) is 18.2 Å². The smallest absolute Gasteiger partial charge is 0.311 e. The molecule has 1 heterocycles. The highest BCUT2D eigenvalue weighted by molar-refractivity contribution is 6.00. The number of hydrogen-bond acceptors (Lipinski definition) is 7. The average Bonchev–Trinajstić information content (AvgIpc) is 3.13. The number of hydrazine groups is 1. The molecule has 2 aromatic rings. The average molecular weight is 439 g/mol. The SMILES string of the molecule is Cc1ccc(C(=O)COC(=O)[C@@H]2CC(=O)N(NC(=O)c3ccccc3[N+](=O)[O-])C2)cc1C. The summed E-state index contributed by atoms with van der Waals surface area (Å²) in [4.78, 5) is 59.6. The third-order valence-corrected chi connectivity index (χ3v) is 5.21. The number of carbonyl (C=O) groups is 4. The van der Waals surface area contributed by atoms with Crippen molar-refractivity contribution in [2.24, 2.45) is 5.92 Å². The summed E-state index contributed by atoms with van der Waals surface area (Å²) in [5.74, 6) is -3.37. The highest BCUT2D eigenvalue weighted by Crippen LogP contribution is 2.21. The van der Waals surface area contributed by atoms with E-state index in [1.807, 2.05) is 13.8 Å². The number of ketones is 1. The van der Waals surface area contributed by atoms with E-state index in [-0.39, 0.29) is 24.3 Å². The molecule has 1 fully saturated rings. The van der Waals surface area contributed by atoms with Crippen LogP contribution in [-0.4, -0.2) is 46.7 Å². The second-order valence-electron chi connectivity index (χ2n) is 7.45. The molecule has 0 radical (unpaired) electrons. The van der Waals surface area contributed by atoms with Crippen LogP contribution in [0, 0.1) is 29.9 Å². The molecule has 0 spiro atoms. The number of nitro groups is 1. The van der Waals surface area contributed by atoms with Gasteiger partial charge in [0, 0.05) is 18.1 Å². The fourth-order valence-corrected chi connectivity index (χ4v) is 3.23. The first-order valence-electron chi connectivity index (χ1n) is 9.79. The van der Waals surface area contributed by atoms with Crippen molar-refractivity contribution in [2.75, 3.05) is 13.2 Å². The van der Waals surface area contributed by atoms with Gasteiger partial charge in [0.15, 0.2) is 12.4 Å². The molecule has 10 heteroatoms. The fourth-order valence-electron chi connectivity index (χ4n) is 3.23. The Bertz CT molecular complexity index is 1110. The number of rotatable bonds is 7. The number of amides is 2. The number of hydrogen-bond donors (Lipinski definition) is 1. The molecule has 2 amide bonds. The van der Waals surface area contributed by atoms with Crippen molar-refractivity contribution in [3.63, 3.8) is 0 Å². The van der Waals surface area contributed by atoms with Gasteiger partial charge >= 0.3 is 5.97 Å². The summed E-state index contributed by atoms with van der Waals surface area (Å²) in [6, 6.07) is 10.5.